The van der Waals surface area contributed by atoms with E-state index >= 15 is 0 Å². The molecule has 0 aromatic heterocycles. The average Bonchev–Trinajstić information content (AvgIpc) is 2.70. The van der Waals surface area contributed by atoms with Crippen molar-refractivity contribution < 1.29 is 14.7 Å². The van der Waals surface area contributed by atoms with Crippen molar-refractivity contribution in [3.8, 4) is 0 Å². The maximum atomic E-state index is 13.2. The lowest BCUT2D eigenvalue weighted by Gasteiger charge is -2.56. The van der Waals surface area contributed by atoms with Crippen LogP contribution in [0, 0.1) is 29.1 Å². The van der Waals surface area contributed by atoms with Crippen LogP contribution in [0.4, 0.5) is 0 Å². The fourth-order valence-electron chi connectivity index (χ4n) is 6.22. The molecule has 7 atom stereocenters. The summed E-state index contributed by atoms with van der Waals surface area (Å²) in [6.07, 6.45) is 3.33. The normalized spacial score (nSPS) is 34.5. The Balaban J connectivity index is 1.72. The lowest BCUT2D eigenvalue weighted by Crippen LogP contribution is -2.58. The first-order valence-electron chi connectivity index (χ1n) is 11.4. The number of hydrogen-bond donors (Lipinski definition) is 2. The minimum atomic E-state index is -0.528. The summed E-state index contributed by atoms with van der Waals surface area (Å²) in [5.74, 6) is 0.0852. The van der Waals surface area contributed by atoms with Crippen LogP contribution in [-0.4, -0.2) is 41.0 Å². The molecule has 166 valence electrons. The summed E-state index contributed by atoms with van der Waals surface area (Å²) in [6, 6.07) is 10.1. The predicted molar refractivity (Wildman–Crippen MR) is 118 cm³/mol. The molecule has 2 aliphatic rings. The zero-order valence-corrected chi connectivity index (χ0v) is 19.1. The largest absolute Gasteiger partial charge is 0.392 e. The Morgan fingerprint density at radius 1 is 1.23 bits per heavy atom. The molecule has 2 aliphatic carbocycles. The molecule has 0 saturated heterocycles. The van der Waals surface area contributed by atoms with Gasteiger partial charge in [0.25, 0.3) is 0 Å². The first-order chi connectivity index (χ1) is 14.1. The maximum Gasteiger partial charge on any atom is 0.225 e. The van der Waals surface area contributed by atoms with Gasteiger partial charge in [-0.05, 0) is 54.4 Å². The second kappa shape index (κ2) is 9.09. The van der Waals surface area contributed by atoms with Crippen LogP contribution in [0.5, 0.6) is 0 Å². The highest BCUT2D eigenvalue weighted by Gasteiger charge is 2.53. The Morgan fingerprint density at radius 3 is 2.50 bits per heavy atom. The van der Waals surface area contributed by atoms with Gasteiger partial charge >= 0.3 is 0 Å². The van der Waals surface area contributed by atoms with E-state index in [9.17, 15) is 14.7 Å². The highest BCUT2D eigenvalue weighted by Crippen LogP contribution is 2.55. The molecular weight excluding hydrogens is 376 g/mol. The van der Waals surface area contributed by atoms with E-state index < -0.39 is 6.10 Å². The summed E-state index contributed by atoms with van der Waals surface area (Å²) < 4.78 is 0. The predicted octanol–water partition coefficient (Wildman–Crippen LogP) is 3.61. The molecule has 0 radical (unpaired) electrons. The third kappa shape index (κ3) is 4.56. The number of rotatable bonds is 5. The van der Waals surface area contributed by atoms with Gasteiger partial charge < -0.3 is 15.3 Å². The number of benzene rings is 1. The lowest BCUT2D eigenvalue weighted by atomic mass is 9.51. The number of carbonyl (C=O) groups is 2. The van der Waals surface area contributed by atoms with Crippen molar-refractivity contribution in [2.24, 2.45) is 29.1 Å². The van der Waals surface area contributed by atoms with Gasteiger partial charge in [-0.2, -0.15) is 0 Å². The van der Waals surface area contributed by atoms with Crippen molar-refractivity contribution in [3.63, 3.8) is 0 Å². The van der Waals surface area contributed by atoms with Crippen LogP contribution in [0.3, 0.4) is 0 Å². The minimum absolute atomic E-state index is 0.0108. The Hall–Kier alpha value is -1.88. The fraction of sp³-hybridized carbons (Fsp3) is 0.680. The number of amides is 2. The van der Waals surface area contributed by atoms with E-state index in [-0.39, 0.29) is 46.9 Å². The van der Waals surface area contributed by atoms with Crippen molar-refractivity contribution in [3.05, 3.63) is 35.9 Å². The van der Waals surface area contributed by atoms with E-state index in [2.05, 4.69) is 19.2 Å². The molecule has 0 bridgehead atoms. The van der Waals surface area contributed by atoms with Gasteiger partial charge in [0.05, 0.1) is 6.10 Å². The van der Waals surface area contributed by atoms with Crippen LogP contribution in [-0.2, 0) is 16.1 Å². The monoisotopic (exact) mass is 414 g/mol. The number of hydrogen-bond acceptors (Lipinski definition) is 3. The van der Waals surface area contributed by atoms with E-state index in [1.54, 1.807) is 11.8 Å². The molecule has 0 unspecified atom stereocenters. The molecule has 5 nitrogen and oxygen atoms in total. The zero-order valence-electron chi connectivity index (χ0n) is 19.1. The SMILES string of the molecule is CC(=O)N[C@H]1CC[C@@]2(C)CC[C@@H]([C@H](C)C(=O)N(C)Cc3ccccc3)[C@H](O)[C@H]2[C@H]1C. The minimum Gasteiger partial charge on any atom is -0.392 e. The number of nitrogens with zero attached hydrogens (tertiary/aromatic N) is 1. The molecule has 0 spiro atoms. The fourth-order valence-corrected chi connectivity index (χ4v) is 6.22. The van der Waals surface area contributed by atoms with E-state index in [1.807, 2.05) is 44.3 Å². The molecule has 30 heavy (non-hydrogen) atoms. The molecule has 2 saturated carbocycles. The van der Waals surface area contributed by atoms with Crippen LogP contribution in [0.2, 0.25) is 0 Å². The van der Waals surface area contributed by atoms with Crippen molar-refractivity contribution >= 4 is 11.8 Å². The van der Waals surface area contributed by atoms with Gasteiger partial charge in [-0.3, -0.25) is 9.59 Å². The summed E-state index contributed by atoms with van der Waals surface area (Å²) in [4.78, 5) is 26.6. The standard InChI is InChI=1S/C25H38N2O3/c1-16(24(30)27(5)15-19-9-7-6-8-10-19)20-11-13-25(4)14-12-21(26-18(3)28)17(2)22(25)23(20)29/h6-10,16-17,20-23,29H,11-15H2,1-5H3,(H,26,28)/t16-,17-,20-,21-,22+,23-,25+/m0/s1. The second-order valence-electron chi connectivity index (χ2n) is 10.0. The van der Waals surface area contributed by atoms with E-state index in [1.165, 1.54) is 0 Å². The maximum absolute atomic E-state index is 13.2. The summed E-state index contributed by atoms with van der Waals surface area (Å²) >= 11 is 0. The van der Waals surface area contributed by atoms with E-state index in [0.29, 0.717) is 6.54 Å². The second-order valence-corrected chi connectivity index (χ2v) is 10.0. The van der Waals surface area contributed by atoms with E-state index in [0.717, 1.165) is 31.2 Å². The molecule has 1 aromatic rings. The van der Waals surface area contributed by atoms with Crippen LogP contribution in [0.1, 0.15) is 58.9 Å². The molecule has 3 rings (SSSR count). The Labute approximate surface area is 181 Å². The zero-order chi connectivity index (χ0) is 22.1. The Bertz CT molecular complexity index is 752. The van der Waals surface area contributed by atoms with Crippen molar-refractivity contribution in [1.82, 2.24) is 10.2 Å². The molecule has 1 aromatic carbocycles. The smallest absolute Gasteiger partial charge is 0.225 e. The summed E-state index contributed by atoms with van der Waals surface area (Å²) in [5.41, 5.74) is 1.18. The first kappa shape index (κ1) is 22.8. The van der Waals surface area contributed by atoms with Crippen LogP contribution in [0.25, 0.3) is 0 Å². The Kier molecular flexibility index (Phi) is 6.91. The number of aliphatic hydroxyl groups excluding tert-OH is 1. The quantitative estimate of drug-likeness (QED) is 0.773. The van der Waals surface area contributed by atoms with Crippen LogP contribution >= 0.6 is 0 Å². The molecule has 0 heterocycles. The van der Waals surface area contributed by atoms with Gasteiger partial charge in [0, 0.05) is 32.5 Å². The van der Waals surface area contributed by atoms with Crippen LogP contribution in [0.15, 0.2) is 30.3 Å². The number of aliphatic hydroxyl groups is 1. The van der Waals surface area contributed by atoms with Crippen molar-refractivity contribution in [2.75, 3.05) is 7.05 Å². The van der Waals surface area contributed by atoms with Gasteiger partial charge in [-0.25, -0.2) is 0 Å². The van der Waals surface area contributed by atoms with Gasteiger partial charge in [-0.15, -0.1) is 0 Å². The summed E-state index contributed by atoms with van der Waals surface area (Å²) in [5, 5.41) is 14.5. The van der Waals surface area contributed by atoms with Crippen molar-refractivity contribution in [2.45, 2.75) is 72.1 Å². The summed E-state index contributed by atoms with van der Waals surface area (Å²) in [6.45, 7) is 8.55. The highest BCUT2D eigenvalue weighted by atomic mass is 16.3. The van der Waals surface area contributed by atoms with Gasteiger partial charge in [0.2, 0.25) is 11.8 Å². The molecule has 2 N–H and O–H groups in total. The molecular formula is C25H38N2O3. The Morgan fingerprint density at radius 2 is 1.87 bits per heavy atom. The van der Waals surface area contributed by atoms with Gasteiger partial charge in [0.1, 0.15) is 0 Å². The number of carbonyl (C=O) groups excluding carboxylic acids is 2. The number of nitrogens with one attached hydrogen (secondary N) is 1. The summed E-state index contributed by atoms with van der Waals surface area (Å²) in [7, 11) is 1.85. The third-order valence-corrected chi connectivity index (χ3v) is 7.95. The number of fused-ring (bicyclic) bond motifs is 1. The molecule has 0 aliphatic heterocycles. The molecule has 2 fully saturated rings. The third-order valence-electron chi connectivity index (χ3n) is 7.95. The first-order valence-corrected chi connectivity index (χ1v) is 11.4. The average molecular weight is 415 g/mol. The van der Waals surface area contributed by atoms with Gasteiger partial charge in [0.15, 0.2) is 0 Å². The van der Waals surface area contributed by atoms with E-state index in [4.69, 9.17) is 0 Å². The lowest BCUT2D eigenvalue weighted by molar-refractivity contribution is -0.150. The highest BCUT2D eigenvalue weighted by molar-refractivity contribution is 5.78. The molecule has 5 heteroatoms. The molecule has 2 amide bonds. The van der Waals surface area contributed by atoms with Crippen LogP contribution < -0.4 is 5.32 Å². The van der Waals surface area contributed by atoms with Gasteiger partial charge in [-0.1, -0.05) is 51.1 Å². The van der Waals surface area contributed by atoms with Crippen molar-refractivity contribution in [1.29, 1.82) is 0 Å². The topological polar surface area (TPSA) is 69.6 Å².